The number of nitrogens with zero attached hydrogens (tertiary/aromatic N) is 2. The number of anilines is 1. The van der Waals surface area contributed by atoms with Crippen LogP contribution in [0.5, 0.6) is 5.75 Å². The fourth-order valence-electron chi connectivity index (χ4n) is 6.00. The van der Waals surface area contributed by atoms with Gasteiger partial charge in [-0.25, -0.2) is 4.79 Å². The number of aliphatic carboxylic acids is 1. The zero-order chi connectivity index (χ0) is 34.0. The topological polar surface area (TPSA) is 138 Å². The molecule has 3 aromatic carbocycles. The summed E-state index contributed by atoms with van der Waals surface area (Å²) >= 11 is 0. The number of aliphatic hydroxyl groups is 1. The maximum Gasteiger partial charge on any atom is 0.364 e. The van der Waals surface area contributed by atoms with E-state index >= 15 is 0 Å². The molecule has 0 aliphatic carbocycles. The number of carbonyl (C=O) groups is 3. The number of hydrogen-bond donors (Lipinski definition) is 3. The van der Waals surface area contributed by atoms with Crippen LogP contribution in [-0.2, 0) is 25.5 Å². The van der Waals surface area contributed by atoms with Crippen LogP contribution < -0.4 is 15.0 Å². The molecule has 252 valence electrons. The van der Waals surface area contributed by atoms with E-state index in [1.807, 2.05) is 54.3 Å². The Balaban J connectivity index is 1.47. The number of aliphatic hydroxyl groups excluding tert-OH is 1. The van der Waals surface area contributed by atoms with Crippen molar-refractivity contribution in [2.75, 3.05) is 37.9 Å². The molecular formula is C36H45N3O8. The molecule has 3 N–H and O–H groups in total. The van der Waals surface area contributed by atoms with Crippen molar-refractivity contribution in [2.24, 2.45) is 0 Å². The number of carbonyl (C=O) groups excluding carboxylic acids is 2. The summed E-state index contributed by atoms with van der Waals surface area (Å²) in [5.41, 5.74) is 2.67. The second-order valence-electron chi connectivity index (χ2n) is 11.2. The van der Waals surface area contributed by atoms with Gasteiger partial charge in [0.1, 0.15) is 24.6 Å². The van der Waals surface area contributed by atoms with E-state index in [0.717, 1.165) is 5.56 Å². The van der Waals surface area contributed by atoms with E-state index in [0.29, 0.717) is 29.0 Å². The summed E-state index contributed by atoms with van der Waals surface area (Å²) in [7, 11) is 0. The molecule has 4 rings (SSSR count). The first-order valence-corrected chi connectivity index (χ1v) is 16.1. The maximum absolute atomic E-state index is 13.8. The molecule has 0 aromatic heterocycles. The summed E-state index contributed by atoms with van der Waals surface area (Å²) in [4.78, 5) is 43.1. The summed E-state index contributed by atoms with van der Waals surface area (Å²) in [5, 5.41) is 22.8. The highest BCUT2D eigenvalue weighted by Crippen LogP contribution is 2.34. The standard InChI is InChI=1S/C36H45N3O8/c1-5-32-38(21-22-45-28-19-17-26(18-20-28)23-36(35(43)44,46-6-2)47-7-3)34(42)29-15-11-12-16-31(29)39(32)25(4)33(41)37-30(24-40)27-13-9-8-10-14-27/h8-20,25,30,32,40H,5-7,21-24H2,1-4H3,(H,37,41)(H,43,44)/t25?,30?,32-/m1/s1. The molecule has 2 amide bonds. The number of rotatable bonds is 17. The predicted molar refractivity (Wildman–Crippen MR) is 177 cm³/mol. The van der Waals surface area contributed by atoms with E-state index in [9.17, 15) is 24.6 Å². The Morgan fingerprint density at radius 1 is 0.936 bits per heavy atom. The minimum absolute atomic E-state index is 0.0240. The van der Waals surface area contributed by atoms with Gasteiger partial charge in [0, 0.05) is 19.6 Å². The van der Waals surface area contributed by atoms with Gasteiger partial charge in [0.05, 0.1) is 30.4 Å². The number of benzene rings is 3. The first-order chi connectivity index (χ1) is 22.7. The van der Waals surface area contributed by atoms with Crippen LogP contribution >= 0.6 is 0 Å². The van der Waals surface area contributed by atoms with Crippen molar-refractivity contribution in [3.05, 3.63) is 95.6 Å². The van der Waals surface area contributed by atoms with Gasteiger partial charge in [0.2, 0.25) is 5.91 Å². The molecule has 1 aliphatic rings. The largest absolute Gasteiger partial charge is 0.492 e. The summed E-state index contributed by atoms with van der Waals surface area (Å²) in [5.74, 6) is -2.82. The van der Waals surface area contributed by atoms with Crippen molar-refractivity contribution >= 4 is 23.5 Å². The van der Waals surface area contributed by atoms with Crippen LogP contribution in [0.3, 0.4) is 0 Å². The lowest BCUT2D eigenvalue weighted by atomic mass is 10.0. The number of para-hydroxylation sites is 1. The fourth-order valence-corrected chi connectivity index (χ4v) is 6.00. The van der Waals surface area contributed by atoms with E-state index in [2.05, 4.69) is 5.32 Å². The van der Waals surface area contributed by atoms with E-state index in [1.54, 1.807) is 62.1 Å². The van der Waals surface area contributed by atoms with Crippen LogP contribution in [-0.4, -0.2) is 83.9 Å². The number of hydrogen-bond acceptors (Lipinski definition) is 8. The molecule has 11 heteroatoms. The van der Waals surface area contributed by atoms with Gasteiger partial charge in [0.15, 0.2) is 0 Å². The lowest BCUT2D eigenvalue weighted by Gasteiger charge is -2.47. The molecule has 0 bridgehead atoms. The fraction of sp³-hybridized carbons (Fsp3) is 0.417. The third-order valence-electron chi connectivity index (χ3n) is 8.26. The van der Waals surface area contributed by atoms with Crippen molar-refractivity contribution in [1.82, 2.24) is 10.2 Å². The second-order valence-corrected chi connectivity index (χ2v) is 11.2. The minimum Gasteiger partial charge on any atom is -0.492 e. The summed E-state index contributed by atoms with van der Waals surface area (Å²) in [6.07, 6.45) is 0.157. The van der Waals surface area contributed by atoms with Crippen molar-refractivity contribution in [3.63, 3.8) is 0 Å². The highest BCUT2D eigenvalue weighted by Gasteiger charge is 2.42. The Kier molecular flexibility index (Phi) is 12.4. The van der Waals surface area contributed by atoms with Crippen LogP contribution in [0.2, 0.25) is 0 Å². The van der Waals surface area contributed by atoms with Crippen molar-refractivity contribution in [2.45, 2.75) is 64.6 Å². The quantitative estimate of drug-likeness (QED) is 0.182. The normalized spacial score (nSPS) is 15.9. The van der Waals surface area contributed by atoms with Crippen molar-refractivity contribution in [1.29, 1.82) is 0 Å². The molecule has 1 aliphatic heterocycles. The Hall–Kier alpha value is -4.45. The number of fused-ring (bicyclic) bond motifs is 1. The van der Waals surface area contributed by atoms with Crippen molar-refractivity contribution < 1.29 is 38.8 Å². The number of carboxylic acids is 1. The molecule has 3 atom stereocenters. The van der Waals surface area contributed by atoms with E-state index < -0.39 is 30.0 Å². The van der Waals surface area contributed by atoms with Gasteiger partial charge in [0.25, 0.3) is 11.7 Å². The van der Waals surface area contributed by atoms with Gasteiger partial charge < -0.3 is 39.5 Å². The van der Waals surface area contributed by atoms with E-state index in [4.69, 9.17) is 14.2 Å². The zero-order valence-electron chi connectivity index (χ0n) is 27.4. The highest BCUT2D eigenvalue weighted by atomic mass is 16.7. The predicted octanol–water partition coefficient (Wildman–Crippen LogP) is 4.40. The molecule has 47 heavy (non-hydrogen) atoms. The summed E-state index contributed by atoms with van der Waals surface area (Å²) in [6.45, 7) is 7.78. The lowest BCUT2D eigenvalue weighted by molar-refractivity contribution is -0.241. The Morgan fingerprint density at radius 2 is 1.57 bits per heavy atom. The Bertz CT molecular complexity index is 1480. The van der Waals surface area contributed by atoms with E-state index in [1.165, 1.54) is 0 Å². The van der Waals surface area contributed by atoms with Crippen LogP contribution in [0, 0.1) is 0 Å². The molecule has 11 nitrogen and oxygen atoms in total. The lowest BCUT2D eigenvalue weighted by Crippen LogP contribution is -2.61. The third-order valence-corrected chi connectivity index (χ3v) is 8.26. The molecule has 0 saturated carbocycles. The number of nitrogens with one attached hydrogen (secondary N) is 1. The second kappa shape index (κ2) is 16.4. The van der Waals surface area contributed by atoms with Crippen LogP contribution in [0.4, 0.5) is 5.69 Å². The van der Waals surface area contributed by atoms with Gasteiger partial charge in [-0.2, -0.15) is 0 Å². The number of carboxylic acid groups (broad SMARTS) is 1. The first kappa shape index (κ1) is 35.4. The monoisotopic (exact) mass is 647 g/mol. The molecule has 0 fully saturated rings. The molecule has 2 unspecified atom stereocenters. The molecule has 0 radical (unpaired) electrons. The van der Waals surface area contributed by atoms with Crippen molar-refractivity contribution in [3.8, 4) is 5.75 Å². The SMILES string of the molecule is CCOC(Cc1ccc(OCCN2C(=O)c3ccccc3N(C(C)C(=O)NC(CO)c3ccccc3)[C@@H]2CC)cc1)(OCC)C(=O)O. The highest BCUT2D eigenvalue weighted by molar-refractivity contribution is 6.03. The summed E-state index contributed by atoms with van der Waals surface area (Å²) in [6, 6.07) is 22.4. The van der Waals surface area contributed by atoms with Crippen LogP contribution in [0.1, 0.15) is 61.6 Å². The molecule has 3 aromatic rings. The van der Waals surface area contributed by atoms with Gasteiger partial charge >= 0.3 is 5.97 Å². The zero-order valence-corrected chi connectivity index (χ0v) is 27.4. The van der Waals surface area contributed by atoms with E-state index in [-0.39, 0.29) is 51.2 Å². The molecular weight excluding hydrogens is 602 g/mol. The van der Waals surface area contributed by atoms with Crippen LogP contribution in [0.25, 0.3) is 0 Å². The average Bonchev–Trinajstić information content (AvgIpc) is 3.08. The van der Waals surface area contributed by atoms with Gasteiger partial charge in [-0.05, 0) is 62.6 Å². The molecule has 0 saturated heterocycles. The Labute approximate surface area is 276 Å². The van der Waals surface area contributed by atoms with Crippen LogP contribution in [0.15, 0.2) is 78.9 Å². The average molecular weight is 648 g/mol. The van der Waals surface area contributed by atoms with Gasteiger partial charge in [-0.3, -0.25) is 9.59 Å². The Morgan fingerprint density at radius 3 is 2.17 bits per heavy atom. The number of amides is 2. The number of ether oxygens (including phenoxy) is 3. The molecule has 1 heterocycles. The summed E-state index contributed by atoms with van der Waals surface area (Å²) < 4.78 is 17.0. The molecule has 0 spiro atoms. The maximum atomic E-state index is 13.8. The minimum atomic E-state index is -1.77. The van der Waals surface area contributed by atoms with Gasteiger partial charge in [-0.1, -0.05) is 61.5 Å². The van der Waals surface area contributed by atoms with Gasteiger partial charge in [-0.15, -0.1) is 0 Å². The third kappa shape index (κ3) is 8.10. The first-order valence-electron chi connectivity index (χ1n) is 16.1. The smallest absolute Gasteiger partial charge is 0.364 e.